The molecule has 0 spiro atoms. The lowest BCUT2D eigenvalue weighted by atomic mass is 10.0. The number of piperidine rings is 1. The average Bonchev–Trinajstić information content (AvgIpc) is 3.20. The van der Waals surface area contributed by atoms with Crippen LogP contribution < -0.4 is 10.6 Å². The third-order valence-electron chi connectivity index (χ3n) is 6.20. The second-order valence-corrected chi connectivity index (χ2v) is 8.42. The number of nitrogens with one attached hydrogen (secondary N) is 2. The Morgan fingerprint density at radius 1 is 1.18 bits per heavy atom. The van der Waals surface area contributed by atoms with Crippen LogP contribution in [0.3, 0.4) is 0 Å². The molecular formula is C25H27FN4O4. The molecule has 3 aliphatic heterocycles. The first-order valence-electron chi connectivity index (χ1n) is 13.1. The van der Waals surface area contributed by atoms with Gasteiger partial charge >= 0.3 is 0 Å². The van der Waals surface area contributed by atoms with Crippen LogP contribution >= 0.6 is 0 Å². The van der Waals surface area contributed by atoms with E-state index in [2.05, 4.69) is 10.2 Å². The Bertz CT molecular complexity index is 1300. The summed E-state index contributed by atoms with van der Waals surface area (Å²) in [6, 6.07) is 7.96. The molecule has 1 unspecified atom stereocenters. The molecule has 0 aliphatic carbocycles. The van der Waals surface area contributed by atoms with Crippen molar-refractivity contribution in [2.24, 2.45) is 0 Å². The average molecular weight is 471 g/mol. The summed E-state index contributed by atoms with van der Waals surface area (Å²) < 4.78 is 52.3. The first-order chi connectivity index (χ1) is 18.0. The number of halogens is 1. The fourth-order valence-corrected chi connectivity index (χ4v) is 4.43. The minimum Gasteiger partial charge on any atom is -0.381 e. The van der Waals surface area contributed by atoms with Gasteiger partial charge in [-0.25, -0.2) is 4.39 Å². The van der Waals surface area contributed by atoms with Crippen molar-refractivity contribution >= 4 is 23.4 Å². The molecule has 5 rings (SSSR count). The van der Waals surface area contributed by atoms with E-state index in [4.69, 9.17) is 10.2 Å². The van der Waals surface area contributed by atoms with E-state index in [1.54, 1.807) is 24.3 Å². The van der Waals surface area contributed by atoms with Gasteiger partial charge in [0.05, 0.1) is 13.2 Å². The molecule has 9 heteroatoms. The van der Waals surface area contributed by atoms with Crippen LogP contribution in [0.1, 0.15) is 45.3 Å². The van der Waals surface area contributed by atoms with E-state index in [1.165, 1.54) is 12.1 Å². The fraction of sp³-hybridized carbons (Fsp3) is 0.400. The number of anilines is 1. The van der Waals surface area contributed by atoms with Crippen LogP contribution in [-0.2, 0) is 34.0 Å². The molecule has 2 N–H and O–H groups in total. The van der Waals surface area contributed by atoms with Crippen LogP contribution in [0.25, 0.3) is 0 Å². The number of ether oxygens (including phenoxy) is 1. The van der Waals surface area contributed by atoms with Crippen molar-refractivity contribution in [1.29, 1.82) is 0 Å². The third-order valence-corrected chi connectivity index (χ3v) is 6.20. The van der Waals surface area contributed by atoms with Gasteiger partial charge in [0.25, 0.3) is 5.91 Å². The minimum atomic E-state index is -3.02. The molecule has 0 aromatic heterocycles. The largest absolute Gasteiger partial charge is 0.381 e. The molecule has 0 bridgehead atoms. The molecule has 8 nitrogen and oxygen atoms in total. The van der Waals surface area contributed by atoms with Crippen LogP contribution in [0.2, 0.25) is 0 Å². The Hall–Kier alpha value is -3.30. The van der Waals surface area contributed by atoms with Gasteiger partial charge in [0.1, 0.15) is 11.9 Å². The predicted molar refractivity (Wildman–Crippen MR) is 122 cm³/mol. The summed E-state index contributed by atoms with van der Waals surface area (Å²) in [5.74, 6) is -3.50. The molecule has 1 atom stereocenters. The lowest BCUT2D eigenvalue weighted by Gasteiger charge is -2.29. The summed E-state index contributed by atoms with van der Waals surface area (Å²) in [5.41, 5.74) is 2.59. The number of benzene rings is 2. The molecule has 3 aliphatic rings. The van der Waals surface area contributed by atoms with Gasteiger partial charge in [-0.1, -0.05) is 12.1 Å². The van der Waals surface area contributed by atoms with Gasteiger partial charge in [-0.2, -0.15) is 0 Å². The maximum Gasteiger partial charge on any atom is 0.255 e. The number of hydrogen-bond acceptors (Lipinski definition) is 6. The Morgan fingerprint density at radius 3 is 2.82 bits per heavy atom. The van der Waals surface area contributed by atoms with E-state index in [1.807, 2.05) is 5.32 Å². The lowest BCUT2D eigenvalue weighted by molar-refractivity contribution is -0.136. The van der Waals surface area contributed by atoms with Crippen molar-refractivity contribution in [2.75, 3.05) is 31.6 Å². The number of hydrogen-bond donors (Lipinski definition) is 2. The highest BCUT2D eigenvalue weighted by Gasteiger charge is 2.39. The van der Waals surface area contributed by atoms with Gasteiger partial charge in [0.2, 0.25) is 11.8 Å². The van der Waals surface area contributed by atoms with Gasteiger partial charge in [-0.3, -0.25) is 24.6 Å². The second-order valence-electron chi connectivity index (χ2n) is 8.42. The van der Waals surface area contributed by atoms with Crippen molar-refractivity contribution in [3.63, 3.8) is 0 Å². The van der Waals surface area contributed by atoms with Crippen molar-refractivity contribution in [3.8, 4) is 0 Å². The van der Waals surface area contributed by atoms with E-state index >= 15 is 0 Å². The molecule has 0 saturated carbocycles. The van der Waals surface area contributed by atoms with E-state index in [-0.39, 0.29) is 24.5 Å². The summed E-state index contributed by atoms with van der Waals surface area (Å²) in [5, 5.41) is 5.00. The Balaban J connectivity index is 1.35. The number of rotatable bonds is 6. The number of carbonyl (C=O) groups is 3. The summed E-state index contributed by atoms with van der Waals surface area (Å²) in [4.78, 5) is 40.9. The Morgan fingerprint density at radius 2 is 2.00 bits per heavy atom. The molecule has 3 amide bonds. The number of morpholine rings is 1. The zero-order valence-electron chi connectivity index (χ0n) is 22.4. The van der Waals surface area contributed by atoms with Crippen molar-refractivity contribution in [2.45, 2.75) is 38.4 Å². The quantitative estimate of drug-likeness (QED) is 0.628. The monoisotopic (exact) mass is 470 g/mol. The SMILES string of the molecule is [2H]C1([2H])C(=O)NC(=O)C(N2Cc3c(NCc4cc(CN5CCOCC5)ccc4F)cccc3C2=O)C1([2H])[2H]. The van der Waals surface area contributed by atoms with Gasteiger partial charge in [0.15, 0.2) is 0 Å². The molecule has 34 heavy (non-hydrogen) atoms. The topological polar surface area (TPSA) is 91.0 Å². The van der Waals surface area contributed by atoms with E-state index in [0.29, 0.717) is 36.6 Å². The van der Waals surface area contributed by atoms with Crippen LogP contribution in [-0.4, -0.2) is 59.9 Å². The number of imide groups is 1. The van der Waals surface area contributed by atoms with Gasteiger partial charge in [0, 0.05) is 67.0 Å². The molecule has 2 saturated heterocycles. The fourth-order valence-electron chi connectivity index (χ4n) is 4.43. The Kier molecular flexibility index (Phi) is 5.06. The van der Waals surface area contributed by atoms with Crippen LogP contribution in [0, 0.1) is 5.82 Å². The van der Waals surface area contributed by atoms with E-state index < -0.39 is 36.5 Å². The number of fused-ring (bicyclic) bond motifs is 1. The third kappa shape index (κ3) is 4.53. The highest BCUT2D eigenvalue weighted by molar-refractivity contribution is 6.06. The van der Waals surface area contributed by atoms with Crippen molar-refractivity contribution in [1.82, 2.24) is 15.1 Å². The molecular weight excluding hydrogens is 439 g/mol. The molecule has 0 radical (unpaired) electrons. The normalized spacial score (nSPS) is 25.6. The molecule has 178 valence electrons. The smallest absolute Gasteiger partial charge is 0.255 e. The lowest BCUT2D eigenvalue weighted by Crippen LogP contribution is -2.52. The molecule has 2 aromatic rings. The van der Waals surface area contributed by atoms with Gasteiger partial charge < -0.3 is 15.0 Å². The molecule has 3 heterocycles. The van der Waals surface area contributed by atoms with Crippen LogP contribution in [0.15, 0.2) is 36.4 Å². The summed E-state index contributed by atoms with van der Waals surface area (Å²) >= 11 is 0. The Labute approximate surface area is 202 Å². The van der Waals surface area contributed by atoms with Gasteiger partial charge in [-0.05, 0) is 36.2 Å². The first kappa shape index (κ1) is 18.1. The summed E-state index contributed by atoms with van der Waals surface area (Å²) in [6.45, 7) is 3.54. The van der Waals surface area contributed by atoms with Crippen LogP contribution in [0.5, 0.6) is 0 Å². The minimum absolute atomic E-state index is 0.120. The number of nitrogens with zero attached hydrogens (tertiary/aromatic N) is 2. The number of carbonyl (C=O) groups excluding carboxylic acids is 3. The zero-order chi connectivity index (χ0) is 27.2. The van der Waals surface area contributed by atoms with Crippen molar-refractivity contribution in [3.05, 3.63) is 64.5 Å². The maximum absolute atomic E-state index is 14.6. The highest BCUT2D eigenvalue weighted by atomic mass is 19.1. The summed E-state index contributed by atoms with van der Waals surface area (Å²) in [6.07, 6.45) is -5.98. The highest BCUT2D eigenvalue weighted by Crippen LogP contribution is 2.32. The van der Waals surface area contributed by atoms with E-state index in [9.17, 15) is 18.8 Å². The van der Waals surface area contributed by atoms with Crippen molar-refractivity contribution < 1.29 is 29.0 Å². The van der Waals surface area contributed by atoms with Crippen LogP contribution in [0.4, 0.5) is 10.1 Å². The molecule has 2 fully saturated rings. The maximum atomic E-state index is 14.6. The van der Waals surface area contributed by atoms with E-state index in [0.717, 1.165) is 23.6 Å². The number of amides is 3. The second kappa shape index (κ2) is 9.52. The standard InChI is InChI=1S/C25H27FN4O4/c26-20-5-4-16(14-29-8-10-34-11-9-29)12-17(20)13-27-21-3-1-2-18-19(21)15-30(25(18)33)22-6-7-23(31)28-24(22)32/h1-5,12,22,27H,6-11,13-15H2,(H,28,31,32)/i6D2,7D2. The summed E-state index contributed by atoms with van der Waals surface area (Å²) in [7, 11) is 0. The van der Waals surface area contributed by atoms with Gasteiger partial charge in [-0.15, -0.1) is 0 Å². The molecule has 2 aromatic carbocycles. The zero-order valence-corrected chi connectivity index (χ0v) is 18.4. The first-order valence-corrected chi connectivity index (χ1v) is 11.1. The predicted octanol–water partition coefficient (Wildman–Crippen LogP) is 2.03.